The van der Waals surface area contributed by atoms with E-state index in [2.05, 4.69) is 22.4 Å². The molecule has 0 bridgehead atoms. The summed E-state index contributed by atoms with van der Waals surface area (Å²) in [5.41, 5.74) is 4.90. The molecule has 9 heteroatoms. The Kier molecular flexibility index (Phi) is 5.94. The minimum absolute atomic E-state index is 0.0247. The number of aromatic nitrogens is 2. The van der Waals surface area contributed by atoms with E-state index in [1.54, 1.807) is 4.90 Å². The van der Waals surface area contributed by atoms with Crippen LogP contribution in [0.2, 0.25) is 5.02 Å². The molecule has 2 amide bonds. The molecule has 3 N–H and O–H groups in total. The highest BCUT2D eigenvalue weighted by molar-refractivity contribution is 6.30. The van der Waals surface area contributed by atoms with Crippen molar-refractivity contribution in [2.24, 2.45) is 5.92 Å². The summed E-state index contributed by atoms with van der Waals surface area (Å²) in [7, 11) is 0. The van der Waals surface area contributed by atoms with Crippen molar-refractivity contribution in [3.63, 3.8) is 0 Å². The van der Waals surface area contributed by atoms with Gasteiger partial charge < -0.3 is 25.0 Å². The number of carboxylic acid groups (broad SMARTS) is 1. The molecule has 6 rings (SSSR count). The third-order valence-corrected chi connectivity index (χ3v) is 8.01. The number of ether oxygens (including phenoxy) is 1. The van der Waals surface area contributed by atoms with Gasteiger partial charge in [-0.3, -0.25) is 4.79 Å². The van der Waals surface area contributed by atoms with Crippen molar-refractivity contribution in [1.29, 1.82) is 0 Å². The highest BCUT2D eigenvalue weighted by Gasteiger charge is 2.41. The van der Waals surface area contributed by atoms with Crippen molar-refractivity contribution in [2.75, 3.05) is 0 Å². The van der Waals surface area contributed by atoms with E-state index in [9.17, 15) is 14.7 Å². The number of nitrogens with one attached hydrogen (secondary N) is 2. The third-order valence-electron chi connectivity index (χ3n) is 7.78. The molecular formula is C29H29ClN4O4. The zero-order valence-electron chi connectivity index (χ0n) is 21.4. The lowest BCUT2D eigenvalue weighted by atomic mass is 9.94. The molecule has 3 heterocycles. The van der Waals surface area contributed by atoms with Gasteiger partial charge in [-0.25, -0.2) is 9.78 Å². The van der Waals surface area contributed by atoms with Gasteiger partial charge in [0, 0.05) is 22.0 Å². The number of fused-ring (bicyclic) bond motifs is 6. The molecule has 0 saturated carbocycles. The molecule has 3 aromatic carbocycles. The van der Waals surface area contributed by atoms with Gasteiger partial charge in [-0.05, 0) is 72.5 Å². The number of H-pyrrole nitrogens is 1. The Balaban J connectivity index is 1.40. The number of rotatable bonds is 4. The van der Waals surface area contributed by atoms with Crippen LogP contribution in [0.1, 0.15) is 51.0 Å². The number of amides is 2. The van der Waals surface area contributed by atoms with Gasteiger partial charge in [0.2, 0.25) is 5.91 Å². The molecule has 2 aliphatic heterocycles. The molecule has 1 saturated heterocycles. The van der Waals surface area contributed by atoms with Gasteiger partial charge in [-0.2, -0.15) is 0 Å². The highest BCUT2D eigenvalue weighted by atomic mass is 35.5. The fourth-order valence-electron chi connectivity index (χ4n) is 5.86. The van der Waals surface area contributed by atoms with E-state index in [0.29, 0.717) is 17.5 Å². The summed E-state index contributed by atoms with van der Waals surface area (Å²) in [5, 5.41) is 14.4. The fraction of sp³-hybridized carbons (Fsp3) is 0.345. The molecule has 0 radical (unpaired) electrons. The number of benzene rings is 3. The minimum atomic E-state index is -1.20. The molecule has 2 aliphatic rings. The van der Waals surface area contributed by atoms with Gasteiger partial charge in [-0.15, -0.1) is 0 Å². The first-order valence-corrected chi connectivity index (χ1v) is 13.3. The lowest BCUT2D eigenvalue weighted by Gasteiger charge is -2.32. The van der Waals surface area contributed by atoms with Crippen LogP contribution in [0.4, 0.5) is 4.79 Å². The highest BCUT2D eigenvalue weighted by Crippen LogP contribution is 2.43. The molecule has 1 fully saturated rings. The Hall–Kier alpha value is -3.78. The molecule has 0 unspecified atom stereocenters. The van der Waals surface area contributed by atoms with Crippen molar-refractivity contribution < 1.29 is 19.4 Å². The molecular weight excluding hydrogens is 504 g/mol. The molecule has 38 heavy (non-hydrogen) atoms. The van der Waals surface area contributed by atoms with E-state index in [4.69, 9.17) is 21.3 Å². The summed E-state index contributed by atoms with van der Waals surface area (Å²) in [4.78, 5) is 35.2. The number of nitrogens with zero attached hydrogens (tertiary/aromatic N) is 2. The largest absolute Gasteiger partial charge is 0.488 e. The topological polar surface area (TPSA) is 108 Å². The SMILES string of the molecule is CC(C)[C@H](NC(=O)O)C(=O)N1[C@@H](C)CC[C@H]1c1nc2c(ccc3cc4c(cc32)OCc2cc(Cl)ccc2-4)[nH]1. The van der Waals surface area contributed by atoms with Gasteiger partial charge in [0.15, 0.2) is 0 Å². The maximum Gasteiger partial charge on any atom is 0.405 e. The summed E-state index contributed by atoms with van der Waals surface area (Å²) in [6.45, 7) is 6.14. The molecule has 0 spiro atoms. The van der Waals surface area contributed by atoms with Crippen molar-refractivity contribution >= 4 is 45.4 Å². The van der Waals surface area contributed by atoms with Gasteiger partial charge in [0.1, 0.15) is 24.2 Å². The number of likely N-dealkylation sites (tertiary alicyclic amines) is 1. The number of hydrogen-bond donors (Lipinski definition) is 3. The van der Waals surface area contributed by atoms with E-state index in [-0.39, 0.29) is 23.9 Å². The number of aromatic amines is 1. The first kappa shape index (κ1) is 24.6. The average Bonchev–Trinajstić information content (AvgIpc) is 3.48. The van der Waals surface area contributed by atoms with Crippen LogP contribution >= 0.6 is 11.6 Å². The molecule has 3 atom stereocenters. The Bertz CT molecular complexity index is 1600. The van der Waals surface area contributed by atoms with E-state index < -0.39 is 12.1 Å². The minimum Gasteiger partial charge on any atom is -0.488 e. The normalized spacial score (nSPS) is 19.3. The Morgan fingerprint density at radius 3 is 2.74 bits per heavy atom. The van der Waals surface area contributed by atoms with Crippen molar-refractivity contribution in [3.8, 4) is 16.9 Å². The van der Waals surface area contributed by atoms with Crippen LogP contribution in [-0.2, 0) is 11.4 Å². The maximum absolute atomic E-state index is 13.6. The van der Waals surface area contributed by atoms with Crippen LogP contribution in [0.25, 0.3) is 32.9 Å². The fourth-order valence-corrected chi connectivity index (χ4v) is 6.06. The molecule has 1 aromatic heterocycles. The number of hydrogen-bond acceptors (Lipinski definition) is 4. The number of halogens is 1. The number of carbonyl (C=O) groups is 2. The van der Waals surface area contributed by atoms with Gasteiger partial charge >= 0.3 is 6.09 Å². The molecule has 4 aromatic rings. The van der Waals surface area contributed by atoms with Gasteiger partial charge in [-0.1, -0.05) is 37.6 Å². The molecule has 196 valence electrons. The predicted molar refractivity (Wildman–Crippen MR) is 146 cm³/mol. The Labute approximate surface area is 224 Å². The quantitative estimate of drug-likeness (QED) is 0.287. The lowest BCUT2D eigenvalue weighted by molar-refractivity contribution is -0.137. The zero-order valence-corrected chi connectivity index (χ0v) is 22.2. The summed E-state index contributed by atoms with van der Waals surface area (Å²) < 4.78 is 6.11. The van der Waals surface area contributed by atoms with E-state index in [0.717, 1.165) is 57.1 Å². The summed E-state index contributed by atoms with van der Waals surface area (Å²) in [5.74, 6) is 1.11. The van der Waals surface area contributed by atoms with Gasteiger partial charge in [0.25, 0.3) is 0 Å². The second-order valence-corrected chi connectivity index (χ2v) is 11.0. The average molecular weight is 533 g/mol. The van der Waals surface area contributed by atoms with E-state index >= 15 is 0 Å². The maximum atomic E-state index is 13.6. The smallest absolute Gasteiger partial charge is 0.405 e. The van der Waals surface area contributed by atoms with Crippen LogP contribution in [0.5, 0.6) is 5.75 Å². The predicted octanol–water partition coefficient (Wildman–Crippen LogP) is 6.27. The zero-order chi connectivity index (χ0) is 26.7. The van der Waals surface area contributed by atoms with Gasteiger partial charge in [0.05, 0.1) is 17.1 Å². The standard InChI is InChI=1S/C29H29ClN4O4/c1-14(2)25(33-29(36)37)28(35)34-15(3)4-9-23(34)27-31-22-8-5-16-11-21-19-7-6-18(30)10-17(19)13-38-24(21)12-20(16)26(22)32-27/h5-8,10-12,14-15,23,25,33H,4,9,13H2,1-3H3,(H,31,32)(H,36,37)/t15-,23-,25-/m0/s1. The Morgan fingerprint density at radius 2 is 1.97 bits per heavy atom. The van der Waals surface area contributed by atoms with Crippen LogP contribution < -0.4 is 10.1 Å². The van der Waals surface area contributed by atoms with Crippen LogP contribution in [0.15, 0.2) is 42.5 Å². The second kappa shape index (κ2) is 9.20. The van der Waals surface area contributed by atoms with Crippen LogP contribution in [0, 0.1) is 5.92 Å². The summed E-state index contributed by atoms with van der Waals surface area (Å²) in [6, 6.07) is 13.0. The Morgan fingerprint density at radius 1 is 1.16 bits per heavy atom. The van der Waals surface area contributed by atoms with E-state index in [1.165, 1.54) is 0 Å². The van der Waals surface area contributed by atoms with Crippen LogP contribution in [0.3, 0.4) is 0 Å². The number of imidazole rings is 1. The lowest BCUT2D eigenvalue weighted by Crippen LogP contribution is -2.52. The first-order chi connectivity index (χ1) is 18.2. The monoisotopic (exact) mass is 532 g/mol. The first-order valence-electron chi connectivity index (χ1n) is 12.9. The van der Waals surface area contributed by atoms with Crippen molar-refractivity contribution in [3.05, 3.63) is 58.9 Å². The van der Waals surface area contributed by atoms with E-state index in [1.807, 2.05) is 51.1 Å². The van der Waals surface area contributed by atoms with Crippen LogP contribution in [-0.4, -0.2) is 44.1 Å². The molecule has 8 nitrogen and oxygen atoms in total. The summed E-state index contributed by atoms with van der Waals surface area (Å²) >= 11 is 6.19. The summed E-state index contributed by atoms with van der Waals surface area (Å²) in [6.07, 6.45) is 0.365. The third kappa shape index (κ3) is 4.04. The van der Waals surface area contributed by atoms with Crippen molar-refractivity contribution in [2.45, 2.75) is 58.3 Å². The molecule has 0 aliphatic carbocycles. The van der Waals surface area contributed by atoms with Crippen molar-refractivity contribution in [1.82, 2.24) is 20.2 Å². The second-order valence-electron chi connectivity index (χ2n) is 10.6. The number of carbonyl (C=O) groups excluding carboxylic acids is 1.